The highest BCUT2D eigenvalue weighted by atomic mass is 19.1. The number of aliphatic carboxylic acids is 1. The number of piperidine rings is 1. The number of benzene rings is 2. The van der Waals surface area contributed by atoms with E-state index in [0.29, 0.717) is 13.1 Å². The number of halogens is 2. The highest BCUT2D eigenvalue weighted by Gasteiger charge is 2.26. The molecule has 2 saturated heterocycles. The summed E-state index contributed by atoms with van der Waals surface area (Å²) in [6.45, 7) is 3.31. The molecule has 2 aromatic heterocycles. The number of hydrogen-bond acceptors (Lipinski definition) is 8. The van der Waals surface area contributed by atoms with Crippen LogP contribution in [0.15, 0.2) is 54.6 Å². The van der Waals surface area contributed by atoms with Gasteiger partial charge in [-0.25, -0.2) is 18.6 Å². The van der Waals surface area contributed by atoms with E-state index in [-0.39, 0.29) is 41.7 Å². The third-order valence-corrected chi connectivity index (χ3v) is 7.97. The van der Waals surface area contributed by atoms with Crippen molar-refractivity contribution in [3.63, 3.8) is 0 Å². The number of ether oxygens (including phenoxy) is 3. The number of rotatable bonds is 11. The minimum atomic E-state index is -1.00. The average molecular weight is 616 g/mol. The van der Waals surface area contributed by atoms with Gasteiger partial charge in [0.05, 0.1) is 41.9 Å². The van der Waals surface area contributed by atoms with E-state index in [4.69, 9.17) is 29.6 Å². The Kier molecular flexibility index (Phi) is 9.00. The zero-order valence-electron chi connectivity index (χ0n) is 24.4. The van der Waals surface area contributed by atoms with Crippen molar-refractivity contribution in [3.8, 4) is 17.8 Å². The van der Waals surface area contributed by atoms with Crippen LogP contribution >= 0.6 is 0 Å². The first-order valence-corrected chi connectivity index (χ1v) is 14.7. The number of nitriles is 1. The Morgan fingerprint density at radius 2 is 1.91 bits per heavy atom. The van der Waals surface area contributed by atoms with Gasteiger partial charge in [-0.3, -0.25) is 4.90 Å². The lowest BCUT2D eigenvalue weighted by Gasteiger charge is -2.32. The van der Waals surface area contributed by atoms with Crippen molar-refractivity contribution in [2.75, 3.05) is 19.7 Å². The van der Waals surface area contributed by atoms with Crippen molar-refractivity contribution in [1.82, 2.24) is 19.4 Å². The lowest BCUT2D eigenvalue weighted by molar-refractivity contribution is -0.131. The molecule has 10 nitrogen and oxygen atoms in total. The van der Waals surface area contributed by atoms with Crippen LogP contribution in [0.3, 0.4) is 0 Å². The van der Waals surface area contributed by atoms with Gasteiger partial charge in [-0.1, -0.05) is 12.1 Å². The van der Waals surface area contributed by atoms with E-state index < -0.39 is 17.6 Å². The standard InChI is InChI=1S/C33H31F2N5O5/c34-26-5-7-31(38-33(26)44-20-23-4-1-22(17-36)15-27(23)35)45-24-9-12-39(13-10-24)19-30-37-28-6-2-21(3-8-32(41)42)16-29(28)40(30)18-25-11-14-43-25/h1-8,15-16,24-25H,9-14,18-20H2,(H,41,42)/b8-3+/t25-/m0/s1. The maximum absolute atomic E-state index is 14.4. The number of carboxylic acid groups (broad SMARTS) is 1. The minimum Gasteiger partial charge on any atom is -0.478 e. The van der Waals surface area contributed by atoms with Crippen molar-refractivity contribution in [2.24, 2.45) is 0 Å². The quantitative estimate of drug-likeness (QED) is 0.230. The maximum Gasteiger partial charge on any atom is 0.328 e. The number of aromatic nitrogens is 3. The second-order valence-electron chi connectivity index (χ2n) is 11.1. The van der Waals surface area contributed by atoms with Gasteiger partial charge in [-0.05, 0) is 61.2 Å². The predicted molar refractivity (Wildman–Crippen MR) is 159 cm³/mol. The van der Waals surface area contributed by atoms with Crippen LogP contribution in [0.25, 0.3) is 17.1 Å². The number of nitrogens with zero attached hydrogens (tertiary/aromatic N) is 5. The molecule has 232 valence electrons. The average Bonchev–Trinajstić information content (AvgIpc) is 3.35. The Hall–Kier alpha value is -4.86. The van der Waals surface area contributed by atoms with E-state index in [1.54, 1.807) is 6.08 Å². The monoisotopic (exact) mass is 615 g/mol. The number of fused-ring (bicyclic) bond motifs is 1. The molecule has 2 aromatic carbocycles. The fourth-order valence-corrected chi connectivity index (χ4v) is 5.43. The molecular formula is C33H31F2N5O5. The fraction of sp³-hybridized carbons (Fsp3) is 0.333. The fourth-order valence-electron chi connectivity index (χ4n) is 5.43. The SMILES string of the molecule is N#Cc1ccc(COc2nc(OC3CCN(Cc4nc5ccc(/C=C/C(=O)O)cc5n4C[C@@H]4CCO4)CC3)ccc2F)c(F)c1. The number of imidazole rings is 1. The molecule has 12 heteroatoms. The van der Waals surface area contributed by atoms with E-state index in [1.807, 2.05) is 24.3 Å². The van der Waals surface area contributed by atoms with Crippen LogP contribution in [0.2, 0.25) is 0 Å². The second kappa shape index (κ2) is 13.4. The van der Waals surface area contributed by atoms with Gasteiger partial charge in [0.2, 0.25) is 5.88 Å². The van der Waals surface area contributed by atoms with Crippen LogP contribution in [0.5, 0.6) is 11.8 Å². The predicted octanol–water partition coefficient (Wildman–Crippen LogP) is 5.09. The lowest BCUT2D eigenvalue weighted by atomic mass is 10.1. The van der Waals surface area contributed by atoms with Crippen LogP contribution in [-0.4, -0.2) is 62.4 Å². The molecule has 0 aliphatic carbocycles. The highest BCUT2D eigenvalue weighted by molar-refractivity contribution is 5.87. The summed E-state index contributed by atoms with van der Waals surface area (Å²) in [5.41, 5.74) is 2.93. The molecule has 45 heavy (non-hydrogen) atoms. The van der Waals surface area contributed by atoms with Gasteiger partial charge >= 0.3 is 5.97 Å². The van der Waals surface area contributed by atoms with Crippen LogP contribution in [0.1, 0.15) is 41.8 Å². The first kappa shape index (κ1) is 30.2. The van der Waals surface area contributed by atoms with Gasteiger partial charge in [-0.15, -0.1) is 0 Å². The summed E-state index contributed by atoms with van der Waals surface area (Å²) in [6, 6.07) is 14.2. The van der Waals surface area contributed by atoms with Gasteiger partial charge in [0, 0.05) is 37.4 Å². The van der Waals surface area contributed by atoms with Crippen molar-refractivity contribution in [2.45, 2.75) is 51.2 Å². The van der Waals surface area contributed by atoms with Crippen molar-refractivity contribution >= 4 is 23.1 Å². The van der Waals surface area contributed by atoms with E-state index in [2.05, 4.69) is 14.5 Å². The number of carboxylic acids is 1. The minimum absolute atomic E-state index is 0.124. The zero-order valence-corrected chi connectivity index (χ0v) is 24.4. The second-order valence-corrected chi connectivity index (χ2v) is 11.1. The highest BCUT2D eigenvalue weighted by Crippen LogP contribution is 2.26. The lowest BCUT2D eigenvalue weighted by Crippen LogP contribution is -2.39. The van der Waals surface area contributed by atoms with E-state index in [9.17, 15) is 13.6 Å². The van der Waals surface area contributed by atoms with Gasteiger partial charge in [0.15, 0.2) is 5.82 Å². The Bertz CT molecular complexity index is 1770. The Balaban J connectivity index is 1.08. The molecule has 1 atom stereocenters. The summed E-state index contributed by atoms with van der Waals surface area (Å²) < 4.78 is 48.0. The molecule has 1 N–H and O–H groups in total. The number of carbonyl (C=O) groups is 1. The maximum atomic E-state index is 14.4. The first-order valence-electron chi connectivity index (χ1n) is 14.7. The van der Waals surface area contributed by atoms with Gasteiger partial charge < -0.3 is 23.9 Å². The first-order chi connectivity index (χ1) is 21.8. The topological polar surface area (TPSA) is 123 Å². The van der Waals surface area contributed by atoms with Crippen LogP contribution in [-0.2, 0) is 29.2 Å². The third-order valence-electron chi connectivity index (χ3n) is 7.97. The number of hydrogen-bond donors (Lipinski definition) is 1. The van der Waals surface area contributed by atoms with Gasteiger partial charge in [0.1, 0.15) is 24.4 Å². The molecule has 0 saturated carbocycles. The van der Waals surface area contributed by atoms with Crippen molar-refractivity contribution < 1.29 is 32.9 Å². The molecule has 2 fully saturated rings. The Morgan fingerprint density at radius 1 is 1.09 bits per heavy atom. The van der Waals surface area contributed by atoms with Gasteiger partial charge in [-0.2, -0.15) is 10.2 Å². The molecule has 4 aromatic rings. The molecule has 2 aliphatic rings. The van der Waals surface area contributed by atoms with Gasteiger partial charge in [0.25, 0.3) is 5.88 Å². The smallest absolute Gasteiger partial charge is 0.328 e. The summed E-state index contributed by atoms with van der Waals surface area (Å²) >= 11 is 0. The zero-order chi connectivity index (χ0) is 31.3. The molecule has 0 unspecified atom stereocenters. The van der Waals surface area contributed by atoms with Crippen LogP contribution < -0.4 is 9.47 Å². The molecule has 0 spiro atoms. The molecule has 6 rings (SSSR count). The molecule has 0 radical (unpaired) electrons. The summed E-state index contributed by atoms with van der Waals surface area (Å²) in [7, 11) is 0. The Morgan fingerprint density at radius 3 is 2.62 bits per heavy atom. The van der Waals surface area contributed by atoms with Crippen LogP contribution in [0, 0.1) is 23.0 Å². The van der Waals surface area contributed by atoms with Crippen LogP contribution in [0.4, 0.5) is 8.78 Å². The number of pyridine rings is 1. The molecule has 4 heterocycles. The summed E-state index contributed by atoms with van der Waals surface area (Å²) in [5.74, 6) is -1.45. The number of likely N-dealkylation sites (tertiary alicyclic amines) is 1. The molecular weight excluding hydrogens is 584 g/mol. The van der Waals surface area contributed by atoms with Crippen molar-refractivity contribution in [1.29, 1.82) is 5.26 Å². The normalized spacial score (nSPS) is 17.3. The molecule has 0 bridgehead atoms. The molecule has 0 amide bonds. The third kappa shape index (κ3) is 7.28. The van der Waals surface area contributed by atoms with E-state index >= 15 is 0 Å². The Labute approximate surface area is 258 Å². The van der Waals surface area contributed by atoms with E-state index in [1.165, 1.54) is 24.3 Å². The van der Waals surface area contributed by atoms with E-state index in [0.717, 1.165) is 73.5 Å². The van der Waals surface area contributed by atoms with Crippen molar-refractivity contribution in [3.05, 3.63) is 88.8 Å². The summed E-state index contributed by atoms with van der Waals surface area (Å²) in [4.78, 5) is 22.4. The largest absolute Gasteiger partial charge is 0.478 e. The summed E-state index contributed by atoms with van der Waals surface area (Å²) in [6.07, 6.45) is 5.12. The summed E-state index contributed by atoms with van der Waals surface area (Å²) in [5, 5.41) is 17.9. The molecule has 2 aliphatic heterocycles.